The highest BCUT2D eigenvalue weighted by atomic mass is 79.9. The van der Waals surface area contributed by atoms with Gasteiger partial charge in [-0.25, -0.2) is 0 Å². The first-order valence-corrected chi connectivity index (χ1v) is 8.21. The SMILES string of the molecule is CCNCC(Cc1c(Br)c(C)nn1CC)CC(C)C. The number of aromatic nitrogens is 2. The van der Waals surface area contributed by atoms with Crippen LogP contribution in [0.25, 0.3) is 0 Å². The van der Waals surface area contributed by atoms with Crippen LogP contribution in [0, 0.1) is 18.8 Å². The van der Waals surface area contributed by atoms with Gasteiger partial charge >= 0.3 is 0 Å². The van der Waals surface area contributed by atoms with Crippen molar-refractivity contribution in [3.05, 3.63) is 15.9 Å². The maximum Gasteiger partial charge on any atom is 0.0738 e. The van der Waals surface area contributed by atoms with Gasteiger partial charge in [-0.05, 0) is 67.5 Å². The van der Waals surface area contributed by atoms with E-state index in [0.29, 0.717) is 5.92 Å². The third-order valence-corrected chi connectivity index (χ3v) is 4.45. The van der Waals surface area contributed by atoms with Gasteiger partial charge < -0.3 is 5.32 Å². The monoisotopic (exact) mass is 329 g/mol. The molecule has 1 heterocycles. The fraction of sp³-hybridized carbons (Fsp3) is 0.800. The Hall–Kier alpha value is -0.350. The molecule has 0 amide bonds. The predicted octanol–water partition coefficient (Wildman–Crippen LogP) is 3.79. The molecule has 19 heavy (non-hydrogen) atoms. The van der Waals surface area contributed by atoms with Crippen LogP contribution in [-0.4, -0.2) is 22.9 Å². The van der Waals surface area contributed by atoms with Crippen LogP contribution < -0.4 is 5.32 Å². The number of rotatable bonds is 8. The number of hydrogen-bond acceptors (Lipinski definition) is 2. The summed E-state index contributed by atoms with van der Waals surface area (Å²) in [6.45, 7) is 14.1. The summed E-state index contributed by atoms with van der Waals surface area (Å²) < 4.78 is 3.33. The van der Waals surface area contributed by atoms with Gasteiger partial charge in [0.15, 0.2) is 0 Å². The molecule has 1 N–H and O–H groups in total. The van der Waals surface area contributed by atoms with Crippen molar-refractivity contribution < 1.29 is 0 Å². The minimum absolute atomic E-state index is 0.678. The molecule has 1 rings (SSSR count). The van der Waals surface area contributed by atoms with Gasteiger partial charge in [0.1, 0.15) is 0 Å². The molecule has 4 heteroatoms. The number of nitrogens with one attached hydrogen (secondary N) is 1. The molecule has 3 nitrogen and oxygen atoms in total. The quantitative estimate of drug-likeness (QED) is 0.786. The molecule has 110 valence electrons. The Labute approximate surface area is 126 Å². The standard InChI is InChI=1S/C15H28BrN3/c1-6-17-10-13(8-11(3)4)9-14-15(16)12(5)18-19(14)7-2/h11,13,17H,6-10H2,1-5H3. The molecule has 0 saturated heterocycles. The minimum atomic E-state index is 0.678. The highest BCUT2D eigenvalue weighted by Crippen LogP contribution is 2.25. The second-order valence-electron chi connectivity index (χ2n) is 5.67. The average molecular weight is 330 g/mol. The van der Waals surface area contributed by atoms with Gasteiger partial charge in [-0.2, -0.15) is 5.10 Å². The molecular formula is C15H28BrN3. The smallest absolute Gasteiger partial charge is 0.0738 e. The van der Waals surface area contributed by atoms with E-state index in [1.807, 2.05) is 0 Å². The lowest BCUT2D eigenvalue weighted by Crippen LogP contribution is -2.26. The van der Waals surface area contributed by atoms with E-state index in [9.17, 15) is 0 Å². The summed E-state index contributed by atoms with van der Waals surface area (Å²) in [4.78, 5) is 0. The van der Waals surface area contributed by atoms with Crippen LogP contribution >= 0.6 is 15.9 Å². The lowest BCUT2D eigenvalue weighted by molar-refractivity contribution is 0.379. The molecule has 0 saturated carbocycles. The highest BCUT2D eigenvalue weighted by Gasteiger charge is 2.18. The van der Waals surface area contributed by atoms with Gasteiger partial charge in [0, 0.05) is 6.54 Å². The van der Waals surface area contributed by atoms with Gasteiger partial charge in [-0.3, -0.25) is 4.68 Å². The Kier molecular flexibility index (Phi) is 7.08. The van der Waals surface area contributed by atoms with Crippen molar-refractivity contribution in [2.24, 2.45) is 11.8 Å². The number of halogens is 1. The van der Waals surface area contributed by atoms with E-state index in [-0.39, 0.29) is 0 Å². The maximum atomic E-state index is 4.59. The van der Waals surface area contributed by atoms with Crippen LogP contribution in [0.15, 0.2) is 4.47 Å². The van der Waals surface area contributed by atoms with Gasteiger partial charge in [0.05, 0.1) is 15.9 Å². The van der Waals surface area contributed by atoms with Crippen molar-refractivity contribution in [1.82, 2.24) is 15.1 Å². The summed E-state index contributed by atoms with van der Waals surface area (Å²) in [5.74, 6) is 1.42. The Bertz CT molecular complexity index is 385. The van der Waals surface area contributed by atoms with E-state index in [4.69, 9.17) is 0 Å². The van der Waals surface area contributed by atoms with Crippen molar-refractivity contribution in [2.45, 2.75) is 54.0 Å². The first-order valence-electron chi connectivity index (χ1n) is 7.41. The van der Waals surface area contributed by atoms with Crippen molar-refractivity contribution in [3.63, 3.8) is 0 Å². The van der Waals surface area contributed by atoms with Crippen LogP contribution in [0.2, 0.25) is 0 Å². The molecule has 1 unspecified atom stereocenters. The molecule has 0 bridgehead atoms. The number of aryl methyl sites for hydroxylation is 2. The Morgan fingerprint density at radius 2 is 2.00 bits per heavy atom. The van der Waals surface area contributed by atoms with Gasteiger partial charge in [0.2, 0.25) is 0 Å². The lowest BCUT2D eigenvalue weighted by atomic mass is 9.92. The zero-order chi connectivity index (χ0) is 14.4. The zero-order valence-corrected chi connectivity index (χ0v) is 14.5. The van der Waals surface area contributed by atoms with E-state index in [0.717, 1.165) is 37.7 Å². The first-order chi connectivity index (χ1) is 8.99. The average Bonchev–Trinajstić information content (AvgIpc) is 2.63. The van der Waals surface area contributed by atoms with Crippen molar-refractivity contribution in [2.75, 3.05) is 13.1 Å². The Morgan fingerprint density at radius 1 is 1.32 bits per heavy atom. The van der Waals surface area contributed by atoms with Crippen molar-refractivity contribution in [3.8, 4) is 0 Å². The molecule has 0 aromatic carbocycles. The van der Waals surface area contributed by atoms with Crippen LogP contribution in [-0.2, 0) is 13.0 Å². The van der Waals surface area contributed by atoms with Crippen molar-refractivity contribution >= 4 is 15.9 Å². The third kappa shape index (κ3) is 4.92. The lowest BCUT2D eigenvalue weighted by Gasteiger charge is -2.20. The van der Waals surface area contributed by atoms with Gasteiger partial charge in [0.25, 0.3) is 0 Å². The van der Waals surface area contributed by atoms with Crippen LogP contribution in [0.5, 0.6) is 0 Å². The van der Waals surface area contributed by atoms with Gasteiger partial charge in [-0.15, -0.1) is 0 Å². The first kappa shape index (κ1) is 16.7. The summed E-state index contributed by atoms with van der Waals surface area (Å²) in [5.41, 5.74) is 2.45. The molecule has 1 aromatic heterocycles. The molecular weight excluding hydrogens is 302 g/mol. The summed E-state index contributed by atoms with van der Waals surface area (Å²) in [6.07, 6.45) is 2.35. The normalized spacial score (nSPS) is 13.2. The number of nitrogens with zero attached hydrogens (tertiary/aromatic N) is 2. The number of hydrogen-bond donors (Lipinski definition) is 1. The molecule has 0 aliphatic heterocycles. The summed E-state index contributed by atoms with van der Waals surface area (Å²) in [7, 11) is 0. The second-order valence-corrected chi connectivity index (χ2v) is 6.46. The summed E-state index contributed by atoms with van der Waals surface area (Å²) >= 11 is 3.70. The minimum Gasteiger partial charge on any atom is -0.317 e. The summed E-state index contributed by atoms with van der Waals surface area (Å²) in [6, 6.07) is 0. The molecule has 0 fully saturated rings. The Morgan fingerprint density at radius 3 is 2.53 bits per heavy atom. The molecule has 0 aliphatic rings. The fourth-order valence-corrected chi connectivity index (χ4v) is 3.04. The fourth-order valence-electron chi connectivity index (χ4n) is 2.59. The van der Waals surface area contributed by atoms with Crippen LogP contribution in [0.4, 0.5) is 0 Å². The molecule has 0 aliphatic carbocycles. The third-order valence-electron chi connectivity index (χ3n) is 3.42. The summed E-state index contributed by atoms with van der Waals surface area (Å²) in [5, 5.41) is 8.08. The predicted molar refractivity (Wildman–Crippen MR) is 85.5 cm³/mol. The van der Waals surface area contributed by atoms with E-state index >= 15 is 0 Å². The maximum absolute atomic E-state index is 4.59. The van der Waals surface area contributed by atoms with Crippen molar-refractivity contribution in [1.29, 1.82) is 0 Å². The molecule has 0 spiro atoms. The largest absolute Gasteiger partial charge is 0.317 e. The van der Waals surface area contributed by atoms with Crippen LogP contribution in [0.1, 0.15) is 45.5 Å². The highest BCUT2D eigenvalue weighted by molar-refractivity contribution is 9.10. The van der Waals surface area contributed by atoms with E-state index in [1.54, 1.807) is 0 Å². The van der Waals surface area contributed by atoms with Crippen LogP contribution in [0.3, 0.4) is 0 Å². The second kappa shape index (κ2) is 8.05. The topological polar surface area (TPSA) is 29.9 Å². The van der Waals surface area contributed by atoms with Gasteiger partial charge in [-0.1, -0.05) is 20.8 Å². The van der Waals surface area contributed by atoms with E-state index < -0.39 is 0 Å². The zero-order valence-electron chi connectivity index (χ0n) is 13.0. The molecule has 0 radical (unpaired) electrons. The Balaban J connectivity index is 2.82. The van der Waals surface area contributed by atoms with E-state index in [1.165, 1.54) is 16.6 Å². The van der Waals surface area contributed by atoms with E-state index in [2.05, 4.69) is 65.6 Å². The molecule has 1 aromatic rings. The molecule has 1 atom stereocenters.